The largest absolute Gasteiger partial charge is 0.416 e. The summed E-state index contributed by atoms with van der Waals surface area (Å²) in [7, 11) is 0. The minimum absolute atomic E-state index is 0.0871. The zero-order valence-electron chi connectivity index (χ0n) is 15.4. The topological polar surface area (TPSA) is 49.4 Å². The highest BCUT2D eigenvalue weighted by atomic mass is 19.4. The van der Waals surface area contributed by atoms with Crippen LogP contribution in [-0.4, -0.2) is 23.3 Å². The molecule has 0 fully saturated rings. The highest BCUT2D eigenvalue weighted by molar-refractivity contribution is 5.92. The second-order valence-electron chi connectivity index (χ2n) is 6.78. The lowest BCUT2D eigenvalue weighted by molar-refractivity contribution is -0.141. The van der Waals surface area contributed by atoms with Crippen molar-refractivity contribution in [2.45, 2.75) is 38.5 Å². The zero-order valence-corrected chi connectivity index (χ0v) is 15.4. The highest BCUT2D eigenvalue weighted by Gasteiger charge is 2.36. The Morgan fingerprint density at radius 2 is 1.82 bits per heavy atom. The van der Waals surface area contributed by atoms with Crippen molar-refractivity contribution in [1.82, 2.24) is 10.2 Å². The van der Waals surface area contributed by atoms with Crippen molar-refractivity contribution in [1.29, 1.82) is 0 Å². The Kier molecular flexibility index (Phi) is 5.72. The molecule has 1 aliphatic rings. The fraction of sp³-hybridized carbons (Fsp3) is 0.333. The number of hydrogen-bond acceptors (Lipinski definition) is 2. The van der Waals surface area contributed by atoms with Gasteiger partial charge in [-0.25, -0.2) is 0 Å². The van der Waals surface area contributed by atoms with Crippen LogP contribution in [0.5, 0.6) is 0 Å². The number of rotatable bonds is 5. The molecule has 148 valence electrons. The Morgan fingerprint density at radius 3 is 2.46 bits per heavy atom. The molecule has 2 amide bonds. The molecule has 0 radical (unpaired) electrons. The van der Waals surface area contributed by atoms with Crippen molar-refractivity contribution in [3.8, 4) is 0 Å². The Labute approximate surface area is 161 Å². The second-order valence-corrected chi connectivity index (χ2v) is 6.78. The van der Waals surface area contributed by atoms with Crippen molar-refractivity contribution in [3.05, 3.63) is 70.8 Å². The molecule has 1 N–H and O–H groups in total. The molecule has 28 heavy (non-hydrogen) atoms. The van der Waals surface area contributed by atoms with Gasteiger partial charge in [0, 0.05) is 13.1 Å². The number of nitrogens with zero attached hydrogens (tertiary/aromatic N) is 1. The van der Waals surface area contributed by atoms with Crippen molar-refractivity contribution in [2.24, 2.45) is 0 Å². The number of fused-ring (bicyclic) bond motifs is 1. The average molecular weight is 390 g/mol. The van der Waals surface area contributed by atoms with Gasteiger partial charge in [0.1, 0.15) is 6.04 Å². The fourth-order valence-corrected chi connectivity index (χ4v) is 3.41. The lowest BCUT2D eigenvalue weighted by atomic mass is 9.91. The van der Waals surface area contributed by atoms with Crippen LogP contribution in [0.1, 0.15) is 41.6 Å². The molecule has 7 heteroatoms. The van der Waals surface area contributed by atoms with Gasteiger partial charge < -0.3 is 10.2 Å². The minimum Gasteiger partial charge on any atom is -0.350 e. The van der Waals surface area contributed by atoms with E-state index in [-0.39, 0.29) is 24.8 Å². The first-order chi connectivity index (χ1) is 13.3. The molecule has 0 saturated heterocycles. The van der Waals surface area contributed by atoms with Crippen LogP contribution in [-0.2, 0) is 28.7 Å². The molecule has 3 rings (SSSR count). The van der Waals surface area contributed by atoms with Crippen LogP contribution in [0.15, 0.2) is 48.5 Å². The number of carbonyl (C=O) groups excluding carboxylic acids is 2. The SMILES string of the molecule is CCCN1C(=O)Cc2ccccc2C1C(=O)NCc1ccc(C(F)(F)F)cc1. The lowest BCUT2D eigenvalue weighted by Crippen LogP contribution is -2.47. The summed E-state index contributed by atoms with van der Waals surface area (Å²) in [5.74, 6) is -0.441. The van der Waals surface area contributed by atoms with E-state index in [1.165, 1.54) is 12.1 Å². The lowest BCUT2D eigenvalue weighted by Gasteiger charge is -2.36. The summed E-state index contributed by atoms with van der Waals surface area (Å²) < 4.78 is 38.0. The number of halogens is 3. The predicted molar refractivity (Wildman–Crippen MR) is 98.2 cm³/mol. The van der Waals surface area contributed by atoms with Gasteiger partial charge in [-0.05, 0) is 35.2 Å². The molecule has 1 heterocycles. The van der Waals surface area contributed by atoms with Gasteiger partial charge in [-0.3, -0.25) is 9.59 Å². The molecule has 4 nitrogen and oxygen atoms in total. The quantitative estimate of drug-likeness (QED) is 0.843. The van der Waals surface area contributed by atoms with Gasteiger partial charge in [0.05, 0.1) is 12.0 Å². The third-order valence-corrected chi connectivity index (χ3v) is 4.78. The molecule has 1 aliphatic heterocycles. The number of carbonyl (C=O) groups is 2. The molecule has 0 spiro atoms. The first-order valence-electron chi connectivity index (χ1n) is 9.12. The summed E-state index contributed by atoms with van der Waals surface area (Å²) >= 11 is 0. The van der Waals surface area contributed by atoms with Crippen LogP contribution < -0.4 is 5.32 Å². The Bertz CT molecular complexity index is 863. The molecule has 2 aromatic rings. The van der Waals surface area contributed by atoms with Crippen LogP contribution in [0.4, 0.5) is 13.2 Å². The van der Waals surface area contributed by atoms with Gasteiger partial charge in [-0.15, -0.1) is 0 Å². The summed E-state index contributed by atoms with van der Waals surface area (Å²) in [4.78, 5) is 27.0. The van der Waals surface area contributed by atoms with Crippen LogP contribution >= 0.6 is 0 Å². The maximum Gasteiger partial charge on any atom is 0.416 e. The highest BCUT2D eigenvalue weighted by Crippen LogP contribution is 2.31. The normalized spacial score (nSPS) is 16.6. The molecule has 0 aliphatic carbocycles. The maximum absolute atomic E-state index is 12.9. The molecular formula is C21H21F3N2O2. The first-order valence-corrected chi connectivity index (χ1v) is 9.12. The Hall–Kier alpha value is -2.83. The van der Waals surface area contributed by atoms with Gasteiger partial charge in [-0.1, -0.05) is 43.3 Å². The number of nitrogens with one attached hydrogen (secondary N) is 1. The fourth-order valence-electron chi connectivity index (χ4n) is 3.41. The summed E-state index contributed by atoms with van der Waals surface area (Å²) in [6.45, 7) is 2.49. The molecule has 1 atom stereocenters. The van der Waals surface area contributed by atoms with E-state index in [9.17, 15) is 22.8 Å². The van der Waals surface area contributed by atoms with Crippen molar-refractivity contribution >= 4 is 11.8 Å². The monoisotopic (exact) mass is 390 g/mol. The zero-order chi connectivity index (χ0) is 20.3. The van der Waals surface area contributed by atoms with E-state index in [1.807, 2.05) is 31.2 Å². The molecule has 0 saturated carbocycles. The standard InChI is InChI=1S/C21H21F3N2O2/c1-2-11-26-18(27)12-15-5-3-4-6-17(15)19(26)20(28)25-13-14-7-9-16(10-8-14)21(22,23)24/h3-10,19H,2,11-13H2,1H3,(H,25,28). The van der Waals surface area contributed by atoms with Crippen molar-refractivity contribution in [2.75, 3.05) is 6.54 Å². The second kappa shape index (κ2) is 8.04. The number of amides is 2. The summed E-state index contributed by atoms with van der Waals surface area (Å²) in [5.41, 5.74) is 1.44. The maximum atomic E-state index is 12.9. The van der Waals surface area contributed by atoms with E-state index in [1.54, 1.807) is 4.90 Å². The Morgan fingerprint density at radius 1 is 1.14 bits per heavy atom. The van der Waals surface area contributed by atoms with Gasteiger partial charge >= 0.3 is 6.18 Å². The third kappa shape index (κ3) is 4.18. The molecule has 0 aromatic heterocycles. The van der Waals surface area contributed by atoms with Gasteiger partial charge in [0.2, 0.25) is 11.8 Å². The van der Waals surface area contributed by atoms with E-state index < -0.39 is 17.8 Å². The number of alkyl halides is 3. The van der Waals surface area contributed by atoms with E-state index in [4.69, 9.17) is 0 Å². The predicted octanol–water partition coefficient (Wildman–Crippen LogP) is 3.86. The third-order valence-electron chi connectivity index (χ3n) is 4.78. The van der Waals surface area contributed by atoms with Crippen LogP contribution in [0.3, 0.4) is 0 Å². The van der Waals surface area contributed by atoms with E-state index in [0.717, 1.165) is 29.7 Å². The van der Waals surface area contributed by atoms with E-state index in [0.29, 0.717) is 12.1 Å². The number of benzene rings is 2. The average Bonchev–Trinajstić information content (AvgIpc) is 2.66. The van der Waals surface area contributed by atoms with Crippen molar-refractivity contribution < 1.29 is 22.8 Å². The molecule has 2 aromatic carbocycles. The van der Waals surface area contributed by atoms with Crippen LogP contribution in [0.25, 0.3) is 0 Å². The summed E-state index contributed by atoms with van der Waals surface area (Å²) in [6.07, 6.45) is -3.41. The molecule has 0 bridgehead atoms. The van der Waals surface area contributed by atoms with Gasteiger partial charge in [0.25, 0.3) is 0 Å². The van der Waals surface area contributed by atoms with Crippen LogP contribution in [0, 0.1) is 0 Å². The number of hydrogen-bond donors (Lipinski definition) is 1. The van der Waals surface area contributed by atoms with Crippen LogP contribution in [0.2, 0.25) is 0 Å². The van der Waals surface area contributed by atoms with E-state index >= 15 is 0 Å². The van der Waals surface area contributed by atoms with E-state index in [2.05, 4.69) is 5.32 Å². The van der Waals surface area contributed by atoms with Gasteiger partial charge in [-0.2, -0.15) is 13.2 Å². The Balaban J connectivity index is 1.77. The smallest absolute Gasteiger partial charge is 0.350 e. The molecular weight excluding hydrogens is 369 g/mol. The minimum atomic E-state index is -4.39. The summed E-state index contributed by atoms with van der Waals surface area (Å²) in [5, 5.41) is 2.76. The van der Waals surface area contributed by atoms with Crippen molar-refractivity contribution in [3.63, 3.8) is 0 Å². The van der Waals surface area contributed by atoms with Gasteiger partial charge in [0.15, 0.2) is 0 Å². The first kappa shape index (κ1) is 19.9. The summed E-state index contributed by atoms with van der Waals surface area (Å²) in [6, 6.07) is 11.3. The molecule has 1 unspecified atom stereocenters.